The average molecular weight is 300 g/mol. The first kappa shape index (κ1) is 15.5. The molecule has 5 nitrogen and oxygen atoms in total. The summed E-state index contributed by atoms with van der Waals surface area (Å²) in [6.07, 6.45) is 1.81. The number of amides is 2. The minimum atomic E-state index is -0.994. The first-order valence-corrected chi connectivity index (χ1v) is 8.25. The second kappa shape index (κ2) is 5.47. The molecule has 20 heavy (non-hydrogen) atoms. The number of carboxylic acids is 1. The molecule has 0 aromatic rings. The van der Waals surface area contributed by atoms with E-state index in [9.17, 15) is 14.7 Å². The van der Waals surface area contributed by atoms with E-state index in [1.54, 1.807) is 4.90 Å². The van der Waals surface area contributed by atoms with Crippen LogP contribution in [0.4, 0.5) is 4.79 Å². The number of hydrogen-bond donors (Lipinski definition) is 1. The summed E-state index contributed by atoms with van der Waals surface area (Å²) in [6.45, 7) is 8.07. The number of urea groups is 1. The molecule has 2 rings (SSSR count). The maximum Gasteiger partial charge on any atom is 0.329 e. The SMILES string of the molecule is CCC1(C(=O)O)CCCN1C(=O)N1CCSC(C)(C)C1. The van der Waals surface area contributed by atoms with Crippen LogP contribution in [0, 0.1) is 0 Å². The average Bonchev–Trinajstić information content (AvgIpc) is 2.81. The molecule has 2 aliphatic heterocycles. The first-order valence-electron chi connectivity index (χ1n) is 7.26. The van der Waals surface area contributed by atoms with E-state index in [1.165, 1.54) is 0 Å². The zero-order valence-electron chi connectivity index (χ0n) is 12.5. The molecular formula is C14H24N2O3S. The number of rotatable bonds is 2. The molecule has 1 unspecified atom stereocenters. The number of carboxylic acid groups (broad SMARTS) is 1. The number of aliphatic carboxylic acids is 1. The Labute approximate surface area is 124 Å². The lowest BCUT2D eigenvalue weighted by atomic mass is 9.93. The third kappa shape index (κ3) is 2.62. The maximum absolute atomic E-state index is 12.7. The number of carbonyl (C=O) groups is 2. The molecule has 0 saturated carbocycles. The molecule has 1 atom stereocenters. The van der Waals surface area contributed by atoms with Gasteiger partial charge in [-0.3, -0.25) is 0 Å². The highest BCUT2D eigenvalue weighted by Gasteiger charge is 2.50. The minimum Gasteiger partial charge on any atom is -0.479 e. The van der Waals surface area contributed by atoms with Crippen molar-refractivity contribution < 1.29 is 14.7 Å². The predicted octanol–water partition coefficient (Wildman–Crippen LogP) is 2.26. The summed E-state index contributed by atoms with van der Waals surface area (Å²) in [4.78, 5) is 27.8. The molecule has 2 saturated heterocycles. The molecule has 2 amide bonds. The second-order valence-electron chi connectivity index (χ2n) is 6.26. The van der Waals surface area contributed by atoms with Crippen LogP contribution in [0.3, 0.4) is 0 Å². The number of carbonyl (C=O) groups excluding carboxylic acids is 1. The zero-order chi connectivity index (χ0) is 15.0. The van der Waals surface area contributed by atoms with E-state index in [1.807, 2.05) is 23.6 Å². The van der Waals surface area contributed by atoms with Crippen LogP contribution in [-0.4, -0.2) is 62.6 Å². The summed E-state index contributed by atoms with van der Waals surface area (Å²) in [6, 6.07) is -0.0971. The molecule has 1 N–H and O–H groups in total. The molecule has 2 fully saturated rings. The van der Waals surface area contributed by atoms with Gasteiger partial charge in [-0.1, -0.05) is 6.92 Å². The van der Waals surface area contributed by atoms with Crippen LogP contribution >= 0.6 is 11.8 Å². The van der Waals surface area contributed by atoms with Crippen molar-refractivity contribution in [2.45, 2.75) is 50.3 Å². The van der Waals surface area contributed by atoms with Crippen LogP contribution in [0.1, 0.15) is 40.0 Å². The Hall–Kier alpha value is -0.910. The van der Waals surface area contributed by atoms with E-state index in [-0.39, 0.29) is 10.8 Å². The van der Waals surface area contributed by atoms with Gasteiger partial charge in [0.25, 0.3) is 0 Å². The van der Waals surface area contributed by atoms with Crippen LogP contribution in [0.25, 0.3) is 0 Å². The van der Waals surface area contributed by atoms with Crippen LogP contribution in [0.2, 0.25) is 0 Å². The van der Waals surface area contributed by atoms with Gasteiger partial charge < -0.3 is 14.9 Å². The van der Waals surface area contributed by atoms with E-state index in [2.05, 4.69) is 13.8 Å². The summed E-state index contributed by atoms with van der Waals surface area (Å²) < 4.78 is 0.0474. The number of likely N-dealkylation sites (tertiary alicyclic amines) is 1. The van der Waals surface area contributed by atoms with Gasteiger partial charge in [0.1, 0.15) is 5.54 Å². The van der Waals surface area contributed by atoms with Crippen molar-refractivity contribution in [1.82, 2.24) is 9.80 Å². The Bertz CT molecular complexity index is 413. The summed E-state index contributed by atoms with van der Waals surface area (Å²) in [5.74, 6) is 0.0511. The van der Waals surface area contributed by atoms with Crippen LogP contribution in [0.15, 0.2) is 0 Å². The Morgan fingerprint density at radius 2 is 2.00 bits per heavy atom. The molecule has 2 heterocycles. The third-order valence-electron chi connectivity index (χ3n) is 4.40. The first-order chi connectivity index (χ1) is 9.32. The van der Waals surface area contributed by atoms with Crippen molar-refractivity contribution in [2.75, 3.05) is 25.4 Å². The van der Waals surface area contributed by atoms with Gasteiger partial charge in [0, 0.05) is 30.1 Å². The summed E-state index contributed by atoms with van der Waals surface area (Å²) in [5.41, 5.74) is -0.994. The zero-order valence-corrected chi connectivity index (χ0v) is 13.3. The van der Waals surface area contributed by atoms with Crippen molar-refractivity contribution in [1.29, 1.82) is 0 Å². The van der Waals surface area contributed by atoms with Crippen LogP contribution in [-0.2, 0) is 4.79 Å². The predicted molar refractivity (Wildman–Crippen MR) is 80.1 cm³/mol. The van der Waals surface area contributed by atoms with Crippen molar-refractivity contribution in [3.05, 3.63) is 0 Å². The third-order valence-corrected chi connectivity index (χ3v) is 5.70. The van der Waals surface area contributed by atoms with Gasteiger partial charge in [-0.2, -0.15) is 11.8 Å². The van der Waals surface area contributed by atoms with Gasteiger partial charge in [0.15, 0.2) is 0 Å². The number of thioether (sulfide) groups is 1. The lowest BCUT2D eigenvalue weighted by molar-refractivity contribution is -0.148. The van der Waals surface area contributed by atoms with E-state index >= 15 is 0 Å². The number of hydrogen-bond acceptors (Lipinski definition) is 3. The van der Waals surface area contributed by atoms with Crippen LogP contribution in [0.5, 0.6) is 0 Å². The standard InChI is InChI=1S/C14H24N2O3S/c1-4-14(11(17)18)6-5-7-16(14)12(19)15-8-9-20-13(2,3)10-15/h4-10H2,1-3H3,(H,17,18). The van der Waals surface area contributed by atoms with Crippen LogP contribution < -0.4 is 0 Å². The highest BCUT2D eigenvalue weighted by atomic mass is 32.2. The van der Waals surface area contributed by atoms with Gasteiger partial charge in [0.05, 0.1) is 0 Å². The Kier molecular flexibility index (Phi) is 4.23. The maximum atomic E-state index is 12.7. The highest BCUT2D eigenvalue weighted by Crippen LogP contribution is 2.36. The molecule has 2 aliphatic rings. The lowest BCUT2D eigenvalue weighted by Crippen LogP contribution is -2.59. The number of nitrogens with zero attached hydrogens (tertiary/aromatic N) is 2. The van der Waals surface area contributed by atoms with Crippen molar-refractivity contribution in [2.24, 2.45) is 0 Å². The molecule has 6 heteroatoms. The summed E-state index contributed by atoms with van der Waals surface area (Å²) in [5, 5.41) is 9.57. The minimum absolute atomic E-state index is 0.0474. The quantitative estimate of drug-likeness (QED) is 0.850. The van der Waals surface area contributed by atoms with Crippen molar-refractivity contribution in [3.8, 4) is 0 Å². The molecule has 0 spiro atoms. The normalized spacial score (nSPS) is 29.6. The van der Waals surface area contributed by atoms with Gasteiger partial charge >= 0.3 is 12.0 Å². The topological polar surface area (TPSA) is 60.9 Å². The fraction of sp³-hybridized carbons (Fsp3) is 0.857. The second-order valence-corrected chi connectivity index (χ2v) is 8.06. The van der Waals surface area contributed by atoms with E-state index in [4.69, 9.17) is 0 Å². The Morgan fingerprint density at radius 1 is 1.30 bits per heavy atom. The lowest BCUT2D eigenvalue weighted by Gasteiger charge is -2.42. The molecular weight excluding hydrogens is 276 g/mol. The Morgan fingerprint density at radius 3 is 2.55 bits per heavy atom. The van der Waals surface area contributed by atoms with E-state index in [0.717, 1.165) is 12.2 Å². The molecule has 0 aliphatic carbocycles. The molecule has 114 valence electrons. The fourth-order valence-electron chi connectivity index (χ4n) is 3.25. The summed E-state index contributed by atoms with van der Waals surface area (Å²) in [7, 11) is 0. The van der Waals surface area contributed by atoms with Gasteiger partial charge in [-0.25, -0.2) is 9.59 Å². The van der Waals surface area contributed by atoms with Crippen molar-refractivity contribution in [3.63, 3.8) is 0 Å². The van der Waals surface area contributed by atoms with Crippen molar-refractivity contribution >= 4 is 23.8 Å². The fourth-order valence-corrected chi connectivity index (χ4v) is 4.36. The Balaban J connectivity index is 2.17. The van der Waals surface area contributed by atoms with E-state index in [0.29, 0.717) is 32.5 Å². The van der Waals surface area contributed by atoms with Gasteiger partial charge in [-0.15, -0.1) is 0 Å². The summed E-state index contributed by atoms with van der Waals surface area (Å²) >= 11 is 1.87. The highest BCUT2D eigenvalue weighted by molar-refractivity contribution is 8.00. The monoisotopic (exact) mass is 300 g/mol. The molecule has 0 aromatic carbocycles. The molecule has 0 bridgehead atoms. The smallest absolute Gasteiger partial charge is 0.329 e. The molecule has 0 aromatic heterocycles. The molecule has 0 radical (unpaired) electrons. The van der Waals surface area contributed by atoms with Gasteiger partial charge in [0.2, 0.25) is 0 Å². The van der Waals surface area contributed by atoms with E-state index < -0.39 is 11.5 Å². The largest absolute Gasteiger partial charge is 0.479 e. The van der Waals surface area contributed by atoms with Gasteiger partial charge in [-0.05, 0) is 33.1 Å².